The van der Waals surface area contributed by atoms with Gasteiger partial charge >= 0.3 is 5.97 Å². The quantitative estimate of drug-likeness (QED) is 0.618. The van der Waals surface area contributed by atoms with E-state index < -0.39 is 16.6 Å². The molecule has 0 aliphatic carbocycles. The molecule has 0 aliphatic heterocycles. The van der Waals surface area contributed by atoms with Crippen molar-refractivity contribution < 1.29 is 14.8 Å². The van der Waals surface area contributed by atoms with Crippen LogP contribution in [0, 0.1) is 10.1 Å². The van der Waals surface area contributed by atoms with Crippen LogP contribution < -0.4 is 5.32 Å². The number of benzene rings is 1. The molecule has 2 N–H and O–H groups in total. The van der Waals surface area contributed by atoms with Gasteiger partial charge in [0.25, 0.3) is 5.69 Å². The van der Waals surface area contributed by atoms with Crippen molar-refractivity contribution in [3.8, 4) is 0 Å². The summed E-state index contributed by atoms with van der Waals surface area (Å²) in [5, 5.41) is 27.0. The number of carboxylic acid groups (broad SMARTS) is 1. The van der Waals surface area contributed by atoms with Crippen molar-refractivity contribution in [3.63, 3.8) is 0 Å². The van der Waals surface area contributed by atoms with Gasteiger partial charge in [-0.2, -0.15) is 5.10 Å². The number of nitrogens with zero attached hydrogens (tertiary/aromatic N) is 3. The molecule has 0 saturated carbocycles. The molecule has 1 aromatic carbocycles. The molecule has 8 nitrogen and oxygen atoms in total. The van der Waals surface area contributed by atoms with E-state index in [-0.39, 0.29) is 5.56 Å². The van der Waals surface area contributed by atoms with Crippen LogP contribution in [0.25, 0.3) is 0 Å². The van der Waals surface area contributed by atoms with Gasteiger partial charge in [-0.05, 0) is 18.2 Å². The first-order valence-corrected chi connectivity index (χ1v) is 6.21. The van der Waals surface area contributed by atoms with Crippen LogP contribution in [0.5, 0.6) is 0 Å². The van der Waals surface area contributed by atoms with Crippen LogP contribution in [0.3, 0.4) is 0 Å². The largest absolute Gasteiger partial charge is 0.477 e. The molecule has 0 radical (unpaired) electrons. The summed E-state index contributed by atoms with van der Waals surface area (Å²) in [6.07, 6.45) is 2.50. The molecule has 0 saturated heterocycles. The number of carboxylic acids is 1. The SMILES string of the molecule is Cn1ccc(CCNc2ccc([N+](=O)[O-])c(C(=O)O)c2)n1. The van der Waals surface area contributed by atoms with Crippen LogP contribution in [0.2, 0.25) is 0 Å². The van der Waals surface area contributed by atoms with E-state index in [1.807, 2.05) is 19.3 Å². The second-order valence-electron chi connectivity index (χ2n) is 4.45. The van der Waals surface area contributed by atoms with Crippen molar-refractivity contribution in [2.75, 3.05) is 11.9 Å². The molecule has 0 aliphatic rings. The van der Waals surface area contributed by atoms with Crippen LogP contribution in [0.4, 0.5) is 11.4 Å². The summed E-state index contributed by atoms with van der Waals surface area (Å²) >= 11 is 0. The Balaban J connectivity index is 2.05. The van der Waals surface area contributed by atoms with Crippen LogP contribution in [0.15, 0.2) is 30.5 Å². The lowest BCUT2D eigenvalue weighted by atomic mass is 10.1. The average molecular weight is 290 g/mol. The lowest BCUT2D eigenvalue weighted by molar-refractivity contribution is -0.385. The molecule has 1 aromatic heterocycles. The van der Waals surface area contributed by atoms with Gasteiger partial charge in [0.2, 0.25) is 0 Å². The maximum absolute atomic E-state index is 11.0. The zero-order chi connectivity index (χ0) is 15.4. The highest BCUT2D eigenvalue weighted by molar-refractivity contribution is 5.93. The van der Waals surface area contributed by atoms with Crippen molar-refractivity contribution in [3.05, 3.63) is 51.8 Å². The van der Waals surface area contributed by atoms with Crippen LogP contribution in [0.1, 0.15) is 16.1 Å². The highest BCUT2D eigenvalue weighted by atomic mass is 16.6. The van der Waals surface area contributed by atoms with Gasteiger partial charge in [-0.1, -0.05) is 0 Å². The Morgan fingerprint density at radius 3 is 2.81 bits per heavy atom. The normalized spacial score (nSPS) is 10.3. The number of nitro groups is 1. The number of hydrogen-bond acceptors (Lipinski definition) is 5. The zero-order valence-corrected chi connectivity index (χ0v) is 11.3. The molecule has 110 valence electrons. The van der Waals surface area contributed by atoms with E-state index in [9.17, 15) is 14.9 Å². The number of aromatic carboxylic acids is 1. The highest BCUT2D eigenvalue weighted by Gasteiger charge is 2.19. The third-order valence-corrected chi connectivity index (χ3v) is 2.90. The van der Waals surface area contributed by atoms with E-state index in [1.54, 1.807) is 4.68 Å². The third kappa shape index (κ3) is 3.56. The Labute approximate surface area is 120 Å². The highest BCUT2D eigenvalue weighted by Crippen LogP contribution is 2.22. The van der Waals surface area contributed by atoms with E-state index in [2.05, 4.69) is 10.4 Å². The summed E-state index contributed by atoms with van der Waals surface area (Å²) < 4.78 is 1.70. The van der Waals surface area contributed by atoms with Crippen LogP contribution >= 0.6 is 0 Å². The fourth-order valence-corrected chi connectivity index (χ4v) is 1.91. The predicted molar refractivity (Wildman–Crippen MR) is 75.5 cm³/mol. The van der Waals surface area contributed by atoms with E-state index >= 15 is 0 Å². The van der Waals surface area contributed by atoms with E-state index in [0.29, 0.717) is 18.7 Å². The maximum atomic E-state index is 11.0. The molecule has 8 heteroatoms. The first-order chi connectivity index (χ1) is 9.97. The van der Waals surface area contributed by atoms with Gasteiger partial charge in [0, 0.05) is 38.0 Å². The number of aromatic nitrogens is 2. The summed E-state index contributed by atoms with van der Waals surface area (Å²) in [7, 11) is 1.83. The van der Waals surface area contributed by atoms with Gasteiger partial charge in [-0.25, -0.2) is 4.79 Å². The molecule has 0 amide bonds. The minimum absolute atomic E-state index is 0.331. The Kier molecular flexibility index (Phi) is 4.17. The number of nitrogens with one attached hydrogen (secondary N) is 1. The van der Waals surface area contributed by atoms with Gasteiger partial charge in [-0.15, -0.1) is 0 Å². The molecule has 0 bridgehead atoms. The number of anilines is 1. The zero-order valence-electron chi connectivity index (χ0n) is 11.3. The number of aryl methyl sites for hydroxylation is 1. The fraction of sp³-hybridized carbons (Fsp3) is 0.231. The summed E-state index contributed by atoms with van der Waals surface area (Å²) in [6.45, 7) is 0.549. The molecule has 0 atom stereocenters. The lowest BCUT2D eigenvalue weighted by Gasteiger charge is -2.06. The van der Waals surface area contributed by atoms with Gasteiger partial charge in [0.05, 0.1) is 10.6 Å². The predicted octanol–water partition coefficient (Wildman–Crippen LogP) is 1.68. The minimum Gasteiger partial charge on any atom is -0.477 e. The summed E-state index contributed by atoms with van der Waals surface area (Å²) in [5.74, 6) is -1.32. The van der Waals surface area contributed by atoms with Gasteiger partial charge < -0.3 is 10.4 Å². The summed E-state index contributed by atoms with van der Waals surface area (Å²) in [6, 6.07) is 5.83. The Bertz CT molecular complexity index is 681. The first kappa shape index (κ1) is 14.5. The second kappa shape index (κ2) is 6.04. The van der Waals surface area contributed by atoms with E-state index in [0.717, 1.165) is 5.69 Å². The van der Waals surface area contributed by atoms with Gasteiger partial charge in [0.15, 0.2) is 0 Å². The molecular formula is C13H14N4O4. The van der Waals surface area contributed by atoms with Crippen molar-refractivity contribution in [2.45, 2.75) is 6.42 Å². The molecular weight excluding hydrogens is 276 g/mol. The molecule has 2 rings (SSSR count). The van der Waals surface area contributed by atoms with E-state index in [4.69, 9.17) is 5.11 Å². The molecule has 0 unspecified atom stereocenters. The van der Waals surface area contributed by atoms with Crippen molar-refractivity contribution in [2.24, 2.45) is 7.05 Å². The van der Waals surface area contributed by atoms with E-state index in [1.165, 1.54) is 18.2 Å². The minimum atomic E-state index is -1.32. The molecule has 0 spiro atoms. The molecule has 1 heterocycles. The first-order valence-electron chi connectivity index (χ1n) is 6.21. The Hall–Kier alpha value is -2.90. The van der Waals surface area contributed by atoms with Gasteiger partial charge in [-0.3, -0.25) is 14.8 Å². The topological polar surface area (TPSA) is 110 Å². The Morgan fingerprint density at radius 2 is 2.24 bits per heavy atom. The average Bonchev–Trinajstić information content (AvgIpc) is 2.84. The number of nitro benzene ring substituents is 1. The molecule has 0 fully saturated rings. The van der Waals surface area contributed by atoms with Crippen molar-refractivity contribution in [1.29, 1.82) is 0 Å². The Morgan fingerprint density at radius 1 is 1.48 bits per heavy atom. The lowest BCUT2D eigenvalue weighted by Crippen LogP contribution is -2.08. The number of carbonyl (C=O) groups is 1. The third-order valence-electron chi connectivity index (χ3n) is 2.90. The number of rotatable bonds is 6. The van der Waals surface area contributed by atoms with Crippen molar-refractivity contribution in [1.82, 2.24) is 9.78 Å². The fourth-order valence-electron chi connectivity index (χ4n) is 1.91. The van der Waals surface area contributed by atoms with Crippen LogP contribution in [-0.2, 0) is 13.5 Å². The smallest absolute Gasteiger partial charge is 0.342 e. The molecule has 21 heavy (non-hydrogen) atoms. The monoisotopic (exact) mass is 290 g/mol. The van der Waals surface area contributed by atoms with Crippen molar-refractivity contribution >= 4 is 17.3 Å². The maximum Gasteiger partial charge on any atom is 0.342 e. The summed E-state index contributed by atoms with van der Waals surface area (Å²) in [5.41, 5.74) is 0.680. The second-order valence-corrected chi connectivity index (χ2v) is 4.45. The standard InChI is InChI=1S/C13H14N4O4/c1-16-7-5-9(15-16)4-6-14-10-2-3-12(17(20)21)11(8-10)13(18)19/h2-3,5,7-8,14H,4,6H2,1H3,(H,18,19). The summed E-state index contributed by atoms with van der Waals surface area (Å²) in [4.78, 5) is 21.1. The molecule has 2 aromatic rings. The number of hydrogen-bond donors (Lipinski definition) is 2. The van der Waals surface area contributed by atoms with Gasteiger partial charge in [0.1, 0.15) is 5.56 Å². The van der Waals surface area contributed by atoms with Crippen LogP contribution in [-0.4, -0.2) is 32.3 Å².